The minimum Gasteiger partial charge on any atom is -0.398 e. The van der Waals surface area contributed by atoms with Gasteiger partial charge in [-0.1, -0.05) is 6.92 Å². The Morgan fingerprint density at radius 2 is 2.10 bits per heavy atom. The minimum atomic E-state index is -4.01. The molecule has 6 nitrogen and oxygen atoms in total. The third-order valence-corrected chi connectivity index (χ3v) is 4.57. The van der Waals surface area contributed by atoms with Gasteiger partial charge in [-0.05, 0) is 24.6 Å². The van der Waals surface area contributed by atoms with Crippen LogP contribution >= 0.6 is 0 Å². The van der Waals surface area contributed by atoms with Crippen molar-refractivity contribution in [3.05, 3.63) is 24.0 Å². The Bertz CT molecular complexity index is 590. The van der Waals surface area contributed by atoms with Gasteiger partial charge in [0.1, 0.15) is 10.7 Å². The summed E-state index contributed by atoms with van der Waals surface area (Å²) in [6.07, 6.45) is 0.519. The van der Waals surface area contributed by atoms with Crippen molar-refractivity contribution < 1.29 is 17.6 Å². The number of hydrogen-bond donors (Lipinski definition) is 2. The Morgan fingerprint density at radius 1 is 1.45 bits per heavy atom. The summed E-state index contributed by atoms with van der Waals surface area (Å²) in [7, 11) is -2.60. The molecule has 0 heterocycles. The number of sulfonamides is 1. The normalized spacial score (nSPS) is 11.6. The Hall–Kier alpha value is -1.67. The molecule has 20 heavy (non-hydrogen) atoms. The molecule has 0 aliphatic heterocycles. The molecule has 112 valence electrons. The monoisotopic (exact) mass is 303 g/mol. The molecule has 0 aromatic heterocycles. The first-order valence-electron chi connectivity index (χ1n) is 6.08. The summed E-state index contributed by atoms with van der Waals surface area (Å²) in [5, 5.41) is 2.35. The highest BCUT2D eigenvalue weighted by molar-refractivity contribution is 7.89. The van der Waals surface area contributed by atoms with Crippen LogP contribution in [0.5, 0.6) is 0 Å². The summed E-state index contributed by atoms with van der Waals surface area (Å²) < 4.78 is 39.1. The highest BCUT2D eigenvalue weighted by atomic mass is 32.2. The molecule has 0 unspecified atom stereocenters. The Kier molecular flexibility index (Phi) is 5.46. The topological polar surface area (TPSA) is 92.5 Å². The lowest BCUT2D eigenvalue weighted by Crippen LogP contribution is -2.40. The van der Waals surface area contributed by atoms with E-state index in [0.29, 0.717) is 6.42 Å². The summed E-state index contributed by atoms with van der Waals surface area (Å²) in [6, 6.07) is 3.13. The second kappa shape index (κ2) is 6.67. The Labute approximate surface area is 117 Å². The number of likely N-dealkylation sites (N-methyl/N-ethyl adjacent to an activating group) is 1. The van der Waals surface area contributed by atoms with E-state index in [4.69, 9.17) is 5.73 Å². The maximum absolute atomic E-state index is 13.2. The van der Waals surface area contributed by atoms with Crippen LogP contribution < -0.4 is 11.1 Å². The van der Waals surface area contributed by atoms with E-state index in [1.165, 1.54) is 13.1 Å². The van der Waals surface area contributed by atoms with Crippen molar-refractivity contribution in [3.8, 4) is 0 Å². The molecule has 0 spiro atoms. The third kappa shape index (κ3) is 3.67. The standard InChI is InChI=1S/C12H18FN3O3S/c1-3-6-16(8-12(17)15-2)20(18,19)11-7-9(13)4-5-10(11)14/h4-5,7H,3,6,8,14H2,1-2H3,(H,15,17). The van der Waals surface area contributed by atoms with E-state index in [2.05, 4.69) is 5.32 Å². The van der Waals surface area contributed by atoms with Crippen molar-refractivity contribution in [2.45, 2.75) is 18.2 Å². The number of nitrogens with one attached hydrogen (secondary N) is 1. The lowest BCUT2D eigenvalue weighted by atomic mass is 10.3. The number of carbonyl (C=O) groups is 1. The number of anilines is 1. The quantitative estimate of drug-likeness (QED) is 0.751. The molecule has 1 aromatic carbocycles. The van der Waals surface area contributed by atoms with Gasteiger partial charge in [0.25, 0.3) is 0 Å². The second-order valence-corrected chi connectivity index (χ2v) is 6.10. The molecule has 0 aliphatic carbocycles. The van der Waals surface area contributed by atoms with Gasteiger partial charge in [0, 0.05) is 13.6 Å². The molecule has 3 N–H and O–H groups in total. The van der Waals surface area contributed by atoms with Crippen LogP contribution in [0.2, 0.25) is 0 Å². The van der Waals surface area contributed by atoms with Gasteiger partial charge in [0.05, 0.1) is 12.2 Å². The lowest BCUT2D eigenvalue weighted by molar-refractivity contribution is -0.120. The van der Waals surface area contributed by atoms with E-state index in [1.807, 2.05) is 0 Å². The zero-order valence-electron chi connectivity index (χ0n) is 11.4. The fourth-order valence-corrected chi connectivity index (χ4v) is 3.26. The smallest absolute Gasteiger partial charge is 0.245 e. The first kappa shape index (κ1) is 16.4. The van der Waals surface area contributed by atoms with E-state index >= 15 is 0 Å². The largest absolute Gasteiger partial charge is 0.398 e. The van der Waals surface area contributed by atoms with Crippen LogP contribution in [0.1, 0.15) is 13.3 Å². The van der Waals surface area contributed by atoms with Crippen LogP contribution in [0.25, 0.3) is 0 Å². The summed E-state index contributed by atoms with van der Waals surface area (Å²) in [6.45, 7) is 1.59. The van der Waals surface area contributed by atoms with Crippen LogP contribution in [0.3, 0.4) is 0 Å². The van der Waals surface area contributed by atoms with Crippen molar-refractivity contribution >= 4 is 21.6 Å². The van der Waals surface area contributed by atoms with E-state index in [0.717, 1.165) is 16.4 Å². The highest BCUT2D eigenvalue weighted by Gasteiger charge is 2.27. The van der Waals surface area contributed by atoms with E-state index < -0.39 is 21.7 Å². The van der Waals surface area contributed by atoms with Crippen LogP contribution in [0, 0.1) is 5.82 Å². The molecular weight excluding hydrogens is 285 g/mol. The van der Waals surface area contributed by atoms with Crippen LogP contribution in [0.4, 0.5) is 10.1 Å². The number of nitrogens with two attached hydrogens (primary N) is 1. The molecule has 1 amide bonds. The van der Waals surface area contributed by atoms with Crippen molar-refractivity contribution in [1.82, 2.24) is 9.62 Å². The zero-order chi connectivity index (χ0) is 15.3. The average Bonchev–Trinajstić information content (AvgIpc) is 2.40. The highest BCUT2D eigenvalue weighted by Crippen LogP contribution is 2.23. The van der Waals surface area contributed by atoms with Gasteiger partial charge in [-0.2, -0.15) is 4.31 Å². The van der Waals surface area contributed by atoms with Crippen LogP contribution in [-0.4, -0.2) is 38.8 Å². The van der Waals surface area contributed by atoms with Gasteiger partial charge < -0.3 is 11.1 Å². The van der Waals surface area contributed by atoms with Gasteiger partial charge in [-0.3, -0.25) is 4.79 Å². The van der Waals surface area contributed by atoms with Gasteiger partial charge in [-0.25, -0.2) is 12.8 Å². The second-order valence-electron chi connectivity index (χ2n) is 4.19. The molecule has 0 saturated carbocycles. The molecule has 0 aliphatic rings. The Morgan fingerprint density at radius 3 is 2.65 bits per heavy atom. The lowest BCUT2D eigenvalue weighted by Gasteiger charge is -2.21. The zero-order valence-corrected chi connectivity index (χ0v) is 12.2. The molecular formula is C12H18FN3O3S. The summed E-state index contributed by atoms with van der Waals surface area (Å²) in [5.41, 5.74) is 5.55. The number of rotatable bonds is 6. The van der Waals surface area contributed by atoms with Gasteiger partial charge in [-0.15, -0.1) is 0 Å². The van der Waals surface area contributed by atoms with Gasteiger partial charge >= 0.3 is 0 Å². The van der Waals surface area contributed by atoms with Crippen molar-refractivity contribution in [2.24, 2.45) is 0 Å². The first-order chi connectivity index (χ1) is 9.32. The SMILES string of the molecule is CCCN(CC(=O)NC)S(=O)(=O)c1cc(F)ccc1N. The van der Waals surface area contributed by atoms with E-state index in [1.54, 1.807) is 6.92 Å². The number of benzene rings is 1. The van der Waals surface area contributed by atoms with Crippen LogP contribution in [-0.2, 0) is 14.8 Å². The predicted octanol–water partition coefficient (Wildman–Crippen LogP) is 0.555. The molecule has 0 atom stereocenters. The van der Waals surface area contributed by atoms with E-state index in [-0.39, 0.29) is 23.7 Å². The number of hydrogen-bond acceptors (Lipinski definition) is 4. The number of amides is 1. The van der Waals surface area contributed by atoms with Crippen molar-refractivity contribution in [2.75, 3.05) is 25.9 Å². The molecule has 1 aromatic rings. The van der Waals surface area contributed by atoms with Crippen molar-refractivity contribution in [1.29, 1.82) is 0 Å². The minimum absolute atomic E-state index is 0.0515. The van der Waals surface area contributed by atoms with Gasteiger partial charge in [0.2, 0.25) is 15.9 Å². The van der Waals surface area contributed by atoms with Crippen LogP contribution in [0.15, 0.2) is 23.1 Å². The number of carbonyl (C=O) groups excluding carboxylic acids is 1. The average molecular weight is 303 g/mol. The van der Waals surface area contributed by atoms with E-state index in [9.17, 15) is 17.6 Å². The first-order valence-corrected chi connectivity index (χ1v) is 7.52. The summed E-state index contributed by atoms with van der Waals surface area (Å²) in [5.74, 6) is -1.15. The summed E-state index contributed by atoms with van der Waals surface area (Å²) >= 11 is 0. The fraction of sp³-hybridized carbons (Fsp3) is 0.417. The number of halogens is 1. The molecule has 0 bridgehead atoms. The molecule has 0 radical (unpaired) electrons. The maximum atomic E-state index is 13.2. The van der Waals surface area contributed by atoms with Crippen molar-refractivity contribution in [3.63, 3.8) is 0 Å². The van der Waals surface area contributed by atoms with Gasteiger partial charge in [0.15, 0.2) is 0 Å². The third-order valence-electron chi connectivity index (χ3n) is 2.67. The molecule has 1 rings (SSSR count). The summed E-state index contributed by atoms with van der Waals surface area (Å²) in [4.78, 5) is 11.1. The predicted molar refractivity (Wildman–Crippen MR) is 73.9 cm³/mol. The molecule has 0 saturated heterocycles. The number of nitrogen functional groups attached to an aromatic ring is 1. The molecule has 8 heteroatoms. The Balaban J connectivity index is 3.22. The number of nitrogens with zero attached hydrogens (tertiary/aromatic N) is 1. The fourth-order valence-electron chi connectivity index (χ4n) is 1.64. The molecule has 0 fully saturated rings. The maximum Gasteiger partial charge on any atom is 0.245 e.